The van der Waals surface area contributed by atoms with E-state index < -0.39 is 5.97 Å². The van der Waals surface area contributed by atoms with Crippen LogP contribution in [-0.4, -0.2) is 56.8 Å². The Morgan fingerprint density at radius 2 is 1.29 bits per heavy atom. The molecule has 1 aromatic carbocycles. The van der Waals surface area contributed by atoms with E-state index in [4.69, 9.17) is 18.9 Å². The minimum absolute atomic E-state index is 0.0837. The maximum absolute atomic E-state index is 13.2. The highest BCUT2D eigenvalue weighted by molar-refractivity contribution is 5.93. The van der Waals surface area contributed by atoms with Crippen LogP contribution in [0.3, 0.4) is 0 Å². The molecule has 0 aliphatic heterocycles. The van der Waals surface area contributed by atoms with Gasteiger partial charge in [0.2, 0.25) is 5.75 Å². The third-order valence-corrected chi connectivity index (χ3v) is 6.45. The van der Waals surface area contributed by atoms with Crippen LogP contribution in [-0.2, 0) is 9.53 Å². The Bertz CT molecular complexity index is 709. The average Bonchev–Trinajstić information content (AvgIpc) is 2.83. The van der Waals surface area contributed by atoms with Gasteiger partial charge in [0, 0.05) is 12.1 Å². The number of nitrogens with zero attached hydrogens (tertiary/aromatic N) is 1. The van der Waals surface area contributed by atoms with Crippen molar-refractivity contribution in [2.24, 2.45) is 0 Å². The van der Waals surface area contributed by atoms with Gasteiger partial charge in [-0.15, -0.1) is 0 Å². The quantitative estimate of drug-likeness (QED) is 0.567. The summed E-state index contributed by atoms with van der Waals surface area (Å²) in [6.45, 7) is -0.248. The number of esters is 1. The fourth-order valence-electron chi connectivity index (χ4n) is 4.91. The highest BCUT2D eigenvalue weighted by atomic mass is 16.5. The first-order valence-corrected chi connectivity index (χ1v) is 11.4. The van der Waals surface area contributed by atoms with Crippen molar-refractivity contribution in [1.29, 1.82) is 0 Å². The highest BCUT2D eigenvalue weighted by Gasteiger charge is 2.33. The third kappa shape index (κ3) is 5.63. The molecule has 0 N–H and O–H groups in total. The predicted molar refractivity (Wildman–Crippen MR) is 117 cm³/mol. The standard InChI is InChI=1S/C24H35NO6/c1-28-20-14-17(15-21(29-2)23(20)30-3)24(27)31-16-22(26)25(18-10-6-4-7-11-18)19-12-8-5-9-13-19/h14-15,18-19H,4-13,16H2,1-3H3. The van der Waals surface area contributed by atoms with Crippen molar-refractivity contribution in [3.05, 3.63) is 17.7 Å². The first-order chi connectivity index (χ1) is 15.1. The molecule has 7 nitrogen and oxygen atoms in total. The summed E-state index contributed by atoms with van der Waals surface area (Å²) < 4.78 is 21.3. The molecular formula is C24H35NO6. The normalized spacial score (nSPS) is 17.6. The first-order valence-electron chi connectivity index (χ1n) is 11.4. The van der Waals surface area contributed by atoms with Crippen LogP contribution in [0.1, 0.15) is 74.6 Å². The van der Waals surface area contributed by atoms with E-state index in [1.807, 2.05) is 0 Å². The predicted octanol–water partition coefficient (Wildman–Crippen LogP) is 4.36. The molecule has 0 unspecified atom stereocenters. The van der Waals surface area contributed by atoms with Crippen LogP contribution in [0.2, 0.25) is 0 Å². The van der Waals surface area contributed by atoms with Crippen molar-refractivity contribution in [2.75, 3.05) is 27.9 Å². The number of ether oxygens (including phenoxy) is 4. The van der Waals surface area contributed by atoms with Crippen LogP contribution in [0.15, 0.2) is 12.1 Å². The van der Waals surface area contributed by atoms with Gasteiger partial charge in [0.15, 0.2) is 18.1 Å². The Labute approximate surface area is 185 Å². The third-order valence-electron chi connectivity index (χ3n) is 6.45. The summed E-state index contributed by atoms with van der Waals surface area (Å²) in [5.74, 6) is 0.468. The van der Waals surface area contributed by atoms with Crippen LogP contribution in [0, 0.1) is 0 Å². The van der Waals surface area contributed by atoms with E-state index in [1.54, 1.807) is 0 Å². The smallest absolute Gasteiger partial charge is 0.338 e. The van der Waals surface area contributed by atoms with Crippen LogP contribution < -0.4 is 14.2 Å². The number of methoxy groups -OCH3 is 3. The molecule has 2 aliphatic carbocycles. The lowest BCUT2D eigenvalue weighted by atomic mass is 9.88. The minimum atomic E-state index is -0.583. The second kappa shape index (κ2) is 11.3. The van der Waals surface area contributed by atoms with Crippen molar-refractivity contribution >= 4 is 11.9 Å². The number of rotatable bonds is 8. The van der Waals surface area contributed by atoms with Crippen molar-refractivity contribution in [3.63, 3.8) is 0 Å². The summed E-state index contributed by atoms with van der Waals surface area (Å²) in [4.78, 5) is 28.0. The first kappa shape index (κ1) is 23.2. The number of amides is 1. The number of hydrogen-bond acceptors (Lipinski definition) is 6. The van der Waals surface area contributed by atoms with Gasteiger partial charge in [-0.25, -0.2) is 4.79 Å². The molecule has 2 saturated carbocycles. The summed E-state index contributed by atoms with van der Waals surface area (Å²) in [5, 5.41) is 0. The lowest BCUT2D eigenvalue weighted by Gasteiger charge is -2.41. The van der Waals surface area contributed by atoms with Gasteiger partial charge >= 0.3 is 5.97 Å². The summed E-state index contributed by atoms with van der Waals surface area (Å²) in [7, 11) is 4.48. The molecule has 0 aromatic heterocycles. The molecule has 7 heteroatoms. The monoisotopic (exact) mass is 433 g/mol. The molecule has 1 amide bonds. The van der Waals surface area contributed by atoms with Gasteiger partial charge in [-0.1, -0.05) is 38.5 Å². The molecule has 0 radical (unpaired) electrons. The van der Waals surface area contributed by atoms with E-state index in [0.717, 1.165) is 51.4 Å². The lowest BCUT2D eigenvalue weighted by Crippen LogP contribution is -2.50. The van der Waals surface area contributed by atoms with Crippen molar-refractivity contribution in [3.8, 4) is 17.2 Å². The van der Waals surface area contributed by atoms with E-state index in [9.17, 15) is 9.59 Å². The van der Waals surface area contributed by atoms with Gasteiger partial charge in [0.05, 0.1) is 26.9 Å². The fourth-order valence-corrected chi connectivity index (χ4v) is 4.91. The molecule has 31 heavy (non-hydrogen) atoms. The topological polar surface area (TPSA) is 74.3 Å². The molecule has 0 bridgehead atoms. The number of hydrogen-bond donors (Lipinski definition) is 0. The van der Waals surface area contributed by atoms with Gasteiger partial charge < -0.3 is 23.8 Å². The summed E-state index contributed by atoms with van der Waals surface area (Å²) in [5.41, 5.74) is 0.254. The average molecular weight is 434 g/mol. The van der Waals surface area contributed by atoms with E-state index in [0.29, 0.717) is 17.2 Å². The zero-order chi connectivity index (χ0) is 22.2. The van der Waals surface area contributed by atoms with Gasteiger partial charge in [-0.05, 0) is 37.8 Å². The van der Waals surface area contributed by atoms with Crippen molar-refractivity contribution in [2.45, 2.75) is 76.3 Å². The number of benzene rings is 1. The van der Waals surface area contributed by atoms with Gasteiger partial charge in [0.25, 0.3) is 5.91 Å². The van der Waals surface area contributed by atoms with E-state index in [1.165, 1.54) is 46.3 Å². The van der Waals surface area contributed by atoms with Crippen LogP contribution >= 0.6 is 0 Å². The highest BCUT2D eigenvalue weighted by Crippen LogP contribution is 2.38. The summed E-state index contributed by atoms with van der Waals surface area (Å²) in [6, 6.07) is 3.61. The molecule has 172 valence electrons. The van der Waals surface area contributed by atoms with Crippen LogP contribution in [0.4, 0.5) is 0 Å². The summed E-state index contributed by atoms with van der Waals surface area (Å²) >= 11 is 0. The molecule has 0 saturated heterocycles. The maximum Gasteiger partial charge on any atom is 0.338 e. The largest absolute Gasteiger partial charge is 0.493 e. The lowest BCUT2D eigenvalue weighted by molar-refractivity contribution is -0.141. The zero-order valence-corrected chi connectivity index (χ0v) is 19.0. The second-order valence-corrected chi connectivity index (χ2v) is 8.37. The Hall–Kier alpha value is -2.44. The molecule has 0 heterocycles. The zero-order valence-electron chi connectivity index (χ0n) is 19.0. The van der Waals surface area contributed by atoms with E-state index >= 15 is 0 Å². The minimum Gasteiger partial charge on any atom is -0.493 e. The summed E-state index contributed by atoms with van der Waals surface area (Å²) in [6.07, 6.45) is 11.3. The molecule has 0 atom stereocenters. The van der Waals surface area contributed by atoms with Gasteiger partial charge in [-0.3, -0.25) is 4.79 Å². The van der Waals surface area contributed by atoms with Crippen LogP contribution in [0.25, 0.3) is 0 Å². The van der Waals surface area contributed by atoms with Crippen molar-refractivity contribution in [1.82, 2.24) is 4.90 Å². The Morgan fingerprint density at radius 3 is 1.71 bits per heavy atom. The number of carbonyl (C=O) groups excluding carboxylic acids is 2. The van der Waals surface area contributed by atoms with Crippen molar-refractivity contribution < 1.29 is 28.5 Å². The Kier molecular flexibility index (Phi) is 8.43. The molecule has 0 spiro atoms. The SMILES string of the molecule is COc1cc(C(=O)OCC(=O)N(C2CCCCC2)C2CCCCC2)cc(OC)c1OC. The number of carbonyl (C=O) groups is 2. The van der Waals surface area contributed by atoms with E-state index in [-0.39, 0.29) is 30.2 Å². The maximum atomic E-state index is 13.2. The Balaban J connectivity index is 1.70. The van der Waals surface area contributed by atoms with Crippen LogP contribution in [0.5, 0.6) is 17.2 Å². The molecule has 2 fully saturated rings. The molecule has 1 aromatic rings. The van der Waals surface area contributed by atoms with E-state index in [2.05, 4.69) is 4.90 Å². The van der Waals surface area contributed by atoms with Gasteiger partial charge in [0.1, 0.15) is 0 Å². The molecule has 3 rings (SSSR count). The fraction of sp³-hybridized carbons (Fsp3) is 0.667. The Morgan fingerprint density at radius 1 is 0.806 bits per heavy atom. The second-order valence-electron chi connectivity index (χ2n) is 8.37. The molecular weight excluding hydrogens is 398 g/mol. The van der Waals surface area contributed by atoms with Gasteiger partial charge in [-0.2, -0.15) is 0 Å². The molecule has 2 aliphatic rings.